The summed E-state index contributed by atoms with van der Waals surface area (Å²) in [6.45, 7) is 18.7. The zero-order valence-corrected chi connectivity index (χ0v) is 45.1. The number of fused-ring (bicyclic) bond motifs is 15. The summed E-state index contributed by atoms with van der Waals surface area (Å²) in [5, 5.41) is 70.4. The van der Waals surface area contributed by atoms with E-state index in [0.717, 1.165) is 24.0 Å². The molecule has 0 radical (unpaired) electrons. The number of hydrogen-bond donors (Lipinski definition) is 7. The van der Waals surface area contributed by atoms with E-state index in [1.54, 1.807) is 63.9 Å². The molecule has 8 rings (SSSR count). The first kappa shape index (κ1) is 58.0. The standard InChI is InChI=1S/C43H58N4O12.C13H13NO3/c1-21-12-11-13-22(2)42(55)45-33-28(20-44-47-17-15-46(9)16-18-47)37(52)30-31(38(33)53)36(51)26(6)40-32(30)41(54)43(8,59-40)57-19-14-29(56-10)23(3)39(58-27(7)48)25(5)35(50)24(4)34(21)49;1-3-12(15)14-9-4-5-10-8(2)6-13(16)17-11(10)7-9/h11-14,19-21,23-25,29,34-35,39,49-53H,15-18H2,1-10H3,(H,45,55);4-7H,3H2,1-2H3,(H,14,15)/b12-11+,19-14+,22-13-,44-20+;/t21-,23+,24+,25+,29-,34-,35+,39+,43-;/m0./s1. The van der Waals surface area contributed by atoms with Crippen molar-refractivity contribution in [1.29, 1.82) is 0 Å². The Hall–Kier alpha value is -7.26. The number of methoxy groups -OCH3 is 1. The number of amides is 2. The Bertz CT molecular complexity index is 3050. The highest BCUT2D eigenvalue weighted by molar-refractivity contribution is 6.24. The summed E-state index contributed by atoms with van der Waals surface area (Å²) >= 11 is 0. The van der Waals surface area contributed by atoms with Gasteiger partial charge in [0.05, 0.1) is 53.0 Å². The number of phenols is 3. The van der Waals surface area contributed by atoms with Crippen molar-refractivity contribution >= 4 is 62.9 Å². The number of aliphatic hydroxyl groups is 2. The molecule has 20 nitrogen and oxygen atoms in total. The van der Waals surface area contributed by atoms with Crippen molar-refractivity contribution in [2.75, 3.05) is 51.0 Å². The van der Waals surface area contributed by atoms with Crippen LogP contribution in [-0.4, -0.2) is 136 Å². The Kier molecular flexibility index (Phi) is 18.4. The maximum absolute atomic E-state index is 14.4. The van der Waals surface area contributed by atoms with Crippen molar-refractivity contribution in [3.05, 3.63) is 93.1 Å². The van der Waals surface area contributed by atoms with E-state index < -0.39 is 88.8 Å². The van der Waals surface area contributed by atoms with Gasteiger partial charge in [-0.15, -0.1) is 0 Å². The molecule has 76 heavy (non-hydrogen) atoms. The van der Waals surface area contributed by atoms with Gasteiger partial charge in [-0.3, -0.25) is 24.2 Å². The lowest BCUT2D eigenvalue weighted by Crippen LogP contribution is -2.46. The predicted octanol–water partition coefficient (Wildman–Crippen LogP) is 6.79. The molecular weight excluding hydrogens is 983 g/mol. The van der Waals surface area contributed by atoms with Crippen molar-refractivity contribution in [3.63, 3.8) is 0 Å². The molecule has 4 aliphatic rings. The molecule has 20 heteroatoms. The van der Waals surface area contributed by atoms with E-state index in [1.165, 1.54) is 65.5 Å². The minimum Gasteiger partial charge on any atom is -0.507 e. The number of piperazine rings is 1. The molecule has 5 heterocycles. The largest absolute Gasteiger partial charge is 0.507 e. The Labute approximate surface area is 441 Å². The zero-order chi connectivity index (χ0) is 56.1. The molecule has 4 aliphatic heterocycles. The molecule has 0 saturated carbocycles. The van der Waals surface area contributed by atoms with Crippen LogP contribution in [0.2, 0.25) is 0 Å². The number of hydrogen-bond acceptors (Lipinski definition) is 18. The van der Waals surface area contributed by atoms with Crippen molar-refractivity contribution in [2.24, 2.45) is 28.8 Å². The summed E-state index contributed by atoms with van der Waals surface area (Å²) in [7, 11) is 3.42. The molecule has 0 unspecified atom stereocenters. The number of ketones is 1. The molecule has 2 amide bonds. The van der Waals surface area contributed by atoms with Gasteiger partial charge in [0, 0.05) is 117 Å². The minimum atomic E-state index is -2.04. The lowest BCUT2D eigenvalue weighted by Gasteiger charge is -2.38. The fourth-order valence-electron chi connectivity index (χ4n) is 9.58. The number of carbonyl (C=O) groups is 4. The molecule has 5 bridgehead atoms. The number of benzene rings is 3. The number of aryl methyl sites for hydroxylation is 1. The molecule has 0 aliphatic carbocycles. The highest BCUT2D eigenvalue weighted by Gasteiger charge is 2.50. The number of esters is 1. The summed E-state index contributed by atoms with van der Waals surface area (Å²) in [5.74, 6) is -8.41. The summed E-state index contributed by atoms with van der Waals surface area (Å²) in [4.78, 5) is 65.1. The molecule has 9 atom stereocenters. The Morgan fingerprint density at radius 2 is 1.61 bits per heavy atom. The number of allylic oxidation sites excluding steroid dienone is 2. The van der Waals surface area contributed by atoms with Crippen LogP contribution in [0, 0.1) is 37.5 Å². The van der Waals surface area contributed by atoms with Gasteiger partial charge < -0.3 is 64.4 Å². The summed E-state index contributed by atoms with van der Waals surface area (Å²) in [6, 6.07) is 6.74. The number of aliphatic hydroxyl groups excluding tert-OH is 2. The van der Waals surface area contributed by atoms with Crippen LogP contribution in [0.15, 0.2) is 74.7 Å². The van der Waals surface area contributed by atoms with Crippen LogP contribution in [-0.2, 0) is 28.6 Å². The van der Waals surface area contributed by atoms with E-state index >= 15 is 0 Å². The average molecular weight is 1050 g/mol. The second-order valence-electron chi connectivity index (χ2n) is 20.0. The Balaban J connectivity index is 0.000000464. The average Bonchev–Trinajstić information content (AvgIpc) is 3.64. The normalized spacial score (nSPS) is 27.2. The predicted molar refractivity (Wildman–Crippen MR) is 287 cm³/mol. The van der Waals surface area contributed by atoms with E-state index in [0.29, 0.717) is 30.8 Å². The summed E-state index contributed by atoms with van der Waals surface area (Å²) in [5.41, 5.74) is 1.26. The van der Waals surface area contributed by atoms with Gasteiger partial charge in [0.2, 0.25) is 5.91 Å². The van der Waals surface area contributed by atoms with Crippen molar-refractivity contribution in [1.82, 2.24) is 9.91 Å². The monoisotopic (exact) mass is 1050 g/mol. The molecule has 1 aromatic heterocycles. The van der Waals surface area contributed by atoms with E-state index in [4.69, 9.17) is 23.4 Å². The molecule has 4 aromatic rings. The van der Waals surface area contributed by atoms with E-state index in [-0.39, 0.29) is 56.0 Å². The molecule has 410 valence electrons. The number of likely N-dealkylation sites (N-methyl/N-ethyl adjacent to an activating group) is 1. The quantitative estimate of drug-likeness (QED) is 0.0344. The van der Waals surface area contributed by atoms with E-state index in [1.807, 2.05) is 20.0 Å². The summed E-state index contributed by atoms with van der Waals surface area (Å²) in [6.07, 6.45) is 5.27. The van der Waals surface area contributed by atoms with Crippen molar-refractivity contribution in [2.45, 2.75) is 106 Å². The van der Waals surface area contributed by atoms with Crippen LogP contribution in [0.3, 0.4) is 0 Å². The number of anilines is 2. The highest BCUT2D eigenvalue weighted by Crippen LogP contribution is 2.55. The van der Waals surface area contributed by atoms with Crippen LogP contribution in [0.5, 0.6) is 23.0 Å². The smallest absolute Gasteiger partial charge is 0.336 e. The highest BCUT2D eigenvalue weighted by atomic mass is 16.7. The Morgan fingerprint density at radius 1 is 0.921 bits per heavy atom. The second-order valence-corrected chi connectivity index (χ2v) is 20.0. The van der Waals surface area contributed by atoms with Crippen molar-refractivity contribution < 1.29 is 68.1 Å². The third kappa shape index (κ3) is 12.4. The number of rotatable bonds is 6. The number of aromatic hydroxyl groups is 3. The number of phenolic OH excluding ortho intramolecular Hbond substituents is 3. The first-order valence-electron chi connectivity index (χ1n) is 25.2. The van der Waals surface area contributed by atoms with Gasteiger partial charge in [0.1, 0.15) is 28.9 Å². The minimum absolute atomic E-state index is 0.0559. The number of carbonyl (C=O) groups excluding carboxylic acids is 4. The lowest BCUT2D eigenvalue weighted by atomic mass is 9.78. The fraction of sp³-hybridized carbons (Fsp3) is 0.464. The number of nitrogens with zero attached hydrogens (tertiary/aromatic N) is 3. The third-order valence-corrected chi connectivity index (χ3v) is 14.4. The van der Waals surface area contributed by atoms with Gasteiger partial charge in [-0.25, -0.2) is 4.79 Å². The molecule has 7 N–H and O–H groups in total. The van der Waals surface area contributed by atoms with Gasteiger partial charge in [-0.2, -0.15) is 5.10 Å². The maximum atomic E-state index is 14.4. The lowest BCUT2D eigenvalue weighted by molar-refractivity contribution is -0.160. The Morgan fingerprint density at radius 3 is 2.25 bits per heavy atom. The first-order chi connectivity index (χ1) is 35.8. The number of nitrogens with one attached hydrogen (secondary N) is 2. The van der Waals surface area contributed by atoms with Crippen molar-refractivity contribution in [3.8, 4) is 23.0 Å². The molecular formula is C56H71N5O15. The van der Waals surface area contributed by atoms with Crippen LogP contribution in [0.4, 0.5) is 11.4 Å². The van der Waals surface area contributed by atoms with Gasteiger partial charge in [0.15, 0.2) is 5.75 Å². The van der Waals surface area contributed by atoms with Crippen LogP contribution in [0.1, 0.15) is 88.9 Å². The fourth-order valence-corrected chi connectivity index (χ4v) is 9.58. The van der Waals surface area contributed by atoms with Gasteiger partial charge >= 0.3 is 17.4 Å². The molecule has 0 spiro atoms. The van der Waals surface area contributed by atoms with E-state index in [2.05, 4.69) is 20.6 Å². The van der Waals surface area contributed by atoms with E-state index in [9.17, 15) is 49.5 Å². The third-order valence-electron chi connectivity index (χ3n) is 14.4. The van der Waals surface area contributed by atoms with Gasteiger partial charge in [-0.1, -0.05) is 52.8 Å². The maximum Gasteiger partial charge on any atom is 0.336 e. The van der Waals surface area contributed by atoms with Crippen LogP contribution < -0.4 is 21.0 Å². The van der Waals surface area contributed by atoms with Gasteiger partial charge in [-0.05, 0) is 51.6 Å². The summed E-state index contributed by atoms with van der Waals surface area (Å²) < 4.78 is 28.7. The first-order valence-corrected chi connectivity index (χ1v) is 25.2. The second kappa shape index (κ2) is 24.2. The molecule has 1 saturated heterocycles. The number of hydrazone groups is 1. The number of Topliss-reactive ketones (excluding diaryl/α,β-unsaturated/α-hetero) is 1. The van der Waals surface area contributed by atoms with Gasteiger partial charge in [0.25, 0.3) is 11.7 Å². The van der Waals surface area contributed by atoms with Crippen LogP contribution >= 0.6 is 0 Å². The molecule has 3 aromatic carbocycles. The zero-order valence-electron chi connectivity index (χ0n) is 45.1. The van der Waals surface area contributed by atoms with Crippen LogP contribution in [0.25, 0.3) is 21.7 Å². The SMILES string of the molecule is CCC(=O)Nc1ccc2c(C)cc(=O)oc2c1.CO[C@H]1/C=C/O[C@@]2(C)Oc3c(C)c(O)c4c(O)c(c(/C=N/N5CCN(C)CC5)c(O)c4c3C2=O)NC(=O)/C(C)=C\C=C\[C@H](C)[C@H](O)[C@@H](C)[C@@H](O)[C@@H](C)[C@H](OC(C)=O)[C@@H]1C. The molecule has 1 fully saturated rings. The number of ether oxygens (including phenoxy) is 4. The topological polar surface area (TPSA) is 279 Å².